The maximum absolute atomic E-state index is 13.3. The molecule has 4 rings (SSSR count). The van der Waals surface area contributed by atoms with Gasteiger partial charge in [-0.25, -0.2) is 4.98 Å². The van der Waals surface area contributed by atoms with Crippen molar-refractivity contribution in [1.29, 1.82) is 0 Å². The first kappa shape index (κ1) is 21.5. The number of H-pyrrole nitrogens is 1. The monoisotopic (exact) mass is 433 g/mol. The van der Waals surface area contributed by atoms with E-state index in [2.05, 4.69) is 9.97 Å². The van der Waals surface area contributed by atoms with E-state index in [9.17, 15) is 14.4 Å². The minimum absolute atomic E-state index is 0.130. The zero-order chi connectivity index (χ0) is 22.8. The number of hydrogen-bond acceptors (Lipinski definition) is 4. The molecule has 2 amide bonds. The summed E-state index contributed by atoms with van der Waals surface area (Å²) in [5.74, 6) is 0.321. The molecule has 1 aliphatic heterocycles. The van der Waals surface area contributed by atoms with Crippen LogP contribution in [0.2, 0.25) is 0 Å². The zero-order valence-corrected chi connectivity index (χ0v) is 18.6. The van der Waals surface area contributed by atoms with Gasteiger partial charge in [-0.3, -0.25) is 14.4 Å². The number of pyridine rings is 1. The second-order valence-corrected chi connectivity index (χ2v) is 8.09. The summed E-state index contributed by atoms with van der Waals surface area (Å²) < 4.78 is 1.80. The molecule has 2 aromatic heterocycles. The molecule has 3 heterocycles. The summed E-state index contributed by atoms with van der Waals surface area (Å²) in [6.07, 6.45) is 4.48. The molecule has 166 valence electrons. The SMILES string of the molecule is CCCN(C)C(=O)c1c2c(c[nH]c1=O)CN(C(=O)c1cnc(-c3ccccc3)n1C)CC2. The Kier molecular flexibility index (Phi) is 5.94. The van der Waals surface area contributed by atoms with Gasteiger partial charge in [0.2, 0.25) is 0 Å². The zero-order valence-electron chi connectivity index (χ0n) is 18.6. The van der Waals surface area contributed by atoms with E-state index in [0.717, 1.165) is 28.9 Å². The van der Waals surface area contributed by atoms with E-state index >= 15 is 0 Å². The molecule has 1 aromatic carbocycles. The molecule has 0 saturated heterocycles. The highest BCUT2D eigenvalue weighted by molar-refractivity contribution is 5.96. The molecule has 0 bridgehead atoms. The van der Waals surface area contributed by atoms with Gasteiger partial charge in [-0.05, 0) is 24.0 Å². The number of carbonyl (C=O) groups excluding carboxylic acids is 2. The van der Waals surface area contributed by atoms with Crippen molar-refractivity contribution in [2.75, 3.05) is 20.1 Å². The van der Waals surface area contributed by atoms with Gasteiger partial charge in [-0.2, -0.15) is 0 Å². The number of hydrogen-bond donors (Lipinski definition) is 1. The number of benzene rings is 1. The van der Waals surface area contributed by atoms with Gasteiger partial charge in [-0.1, -0.05) is 37.3 Å². The lowest BCUT2D eigenvalue weighted by molar-refractivity contribution is 0.0724. The summed E-state index contributed by atoms with van der Waals surface area (Å²) in [5, 5.41) is 0. The van der Waals surface area contributed by atoms with Crippen LogP contribution in [0.1, 0.15) is 45.3 Å². The third kappa shape index (κ3) is 3.84. The smallest absolute Gasteiger partial charge is 0.272 e. The van der Waals surface area contributed by atoms with E-state index < -0.39 is 0 Å². The molecule has 0 radical (unpaired) electrons. The average molecular weight is 434 g/mol. The Morgan fingerprint density at radius 1 is 1.22 bits per heavy atom. The molecular weight excluding hydrogens is 406 g/mol. The Bertz CT molecular complexity index is 1210. The van der Waals surface area contributed by atoms with Crippen molar-refractivity contribution in [1.82, 2.24) is 24.3 Å². The van der Waals surface area contributed by atoms with Crippen LogP contribution in [0.5, 0.6) is 0 Å². The van der Waals surface area contributed by atoms with Crippen molar-refractivity contribution in [3.63, 3.8) is 0 Å². The third-order valence-electron chi connectivity index (χ3n) is 5.93. The standard InChI is InChI=1S/C24H27N5O3/c1-4-11-27(2)24(32)20-18-10-12-29(15-17(18)13-26-22(20)30)23(31)19-14-25-21(28(19)3)16-8-6-5-7-9-16/h5-9,13-14H,4,10-12,15H2,1-3H3,(H,26,30). The fraction of sp³-hybridized carbons (Fsp3) is 0.333. The van der Waals surface area contributed by atoms with E-state index in [1.165, 1.54) is 0 Å². The highest BCUT2D eigenvalue weighted by Gasteiger charge is 2.29. The van der Waals surface area contributed by atoms with E-state index in [1.807, 2.05) is 44.3 Å². The van der Waals surface area contributed by atoms with E-state index in [-0.39, 0.29) is 22.9 Å². The molecule has 8 heteroatoms. The highest BCUT2D eigenvalue weighted by atomic mass is 16.2. The van der Waals surface area contributed by atoms with Crippen LogP contribution in [-0.2, 0) is 20.0 Å². The van der Waals surface area contributed by atoms with Crippen molar-refractivity contribution in [3.05, 3.63) is 75.5 Å². The number of carbonyl (C=O) groups is 2. The fourth-order valence-electron chi connectivity index (χ4n) is 4.22. The summed E-state index contributed by atoms with van der Waals surface area (Å²) in [4.78, 5) is 49.0. The van der Waals surface area contributed by atoms with E-state index in [1.54, 1.807) is 33.8 Å². The minimum atomic E-state index is -0.379. The molecule has 8 nitrogen and oxygen atoms in total. The largest absolute Gasteiger partial charge is 0.342 e. The van der Waals surface area contributed by atoms with Crippen molar-refractivity contribution < 1.29 is 9.59 Å². The number of fused-ring (bicyclic) bond motifs is 1. The first-order chi connectivity index (χ1) is 15.4. The fourth-order valence-corrected chi connectivity index (χ4v) is 4.22. The van der Waals surface area contributed by atoms with Gasteiger partial charge in [0.25, 0.3) is 17.4 Å². The number of aromatic amines is 1. The van der Waals surface area contributed by atoms with Crippen LogP contribution in [0.15, 0.2) is 47.5 Å². The first-order valence-electron chi connectivity index (χ1n) is 10.8. The molecule has 0 unspecified atom stereocenters. The number of imidazole rings is 1. The van der Waals surface area contributed by atoms with Crippen LogP contribution < -0.4 is 5.56 Å². The summed E-state index contributed by atoms with van der Waals surface area (Å²) in [6.45, 7) is 3.32. The van der Waals surface area contributed by atoms with E-state index in [0.29, 0.717) is 31.7 Å². The highest BCUT2D eigenvalue weighted by Crippen LogP contribution is 2.24. The number of nitrogens with zero attached hydrogens (tertiary/aromatic N) is 4. The van der Waals surface area contributed by atoms with Crippen LogP contribution >= 0.6 is 0 Å². The lowest BCUT2D eigenvalue weighted by Gasteiger charge is -2.30. The number of amides is 2. The van der Waals surface area contributed by atoms with Gasteiger partial charge < -0.3 is 19.4 Å². The molecule has 0 atom stereocenters. The lowest BCUT2D eigenvalue weighted by atomic mass is 9.96. The van der Waals surface area contributed by atoms with Crippen molar-refractivity contribution in [3.8, 4) is 11.4 Å². The molecule has 3 aromatic rings. The Balaban J connectivity index is 1.60. The van der Waals surface area contributed by atoms with E-state index in [4.69, 9.17) is 0 Å². The van der Waals surface area contributed by atoms with Crippen LogP contribution in [0, 0.1) is 0 Å². The number of nitrogens with one attached hydrogen (secondary N) is 1. The molecule has 1 N–H and O–H groups in total. The predicted octanol–water partition coefficient (Wildman–Crippen LogP) is 2.46. The average Bonchev–Trinajstić information content (AvgIpc) is 3.19. The topological polar surface area (TPSA) is 91.3 Å². The molecule has 0 fully saturated rings. The maximum atomic E-state index is 13.3. The molecule has 0 aliphatic carbocycles. The van der Waals surface area contributed by atoms with Gasteiger partial charge in [0.05, 0.1) is 6.20 Å². The predicted molar refractivity (Wildman–Crippen MR) is 121 cm³/mol. The summed E-state index contributed by atoms with van der Waals surface area (Å²) in [6, 6.07) is 9.72. The van der Waals surface area contributed by atoms with Crippen LogP contribution in [-0.4, -0.2) is 56.3 Å². The van der Waals surface area contributed by atoms with Crippen molar-refractivity contribution in [2.45, 2.75) is 26.3 Å². The quantitative estimate of drug-likeness (QED) is 0.669. The normalized spacial score (nSPS) is 13.0. The molecule has 1 aliphatic rings. The van der Waals surface area contributed by atoms with Crippen LogP contribution in [0.4, 0.5) is 0 Å². The molecular formula is C24H27N5O3. The summed E-state index contributed by atoms with van der Waals surface area (Å²) in [7, 11) is 3.54. The molecule has 0 saturated carbocycles. The van der Waals surface area contributed by atoms with Gasteiger partial charge >= 0.3 is 0 Å². The van der Waals surface area contributed by atoms with Gasteiger partial charge in [0.1, 0.15) is 17.1 Å². The third-order valence-corrected chi connectivity index (χ3v) is 5.93. The lowest BCUT2D eigenvalue weighted by Crippen LogP contribution is -2.40. The molecule has 0 spiro atoms. The van der Waals surface area contributed by atoms with Crippen molar-refractivity contribution in [2.24, 2.45) is 7.05 Å². The Labute approximate surface area is 186 Å². The first-order valence-corrected chi connectivity index (χ1v) is 10.8. The minimum Gasteiger partial charge on any atom is -0.342 e. The summed E-state index contributed by atoms with van der Waals surface area (Å²) >= 11 is 0. The van der Waals surface area contributed by atoms with Gasteiger partial charge in [-0.15, -0.1) is 0 Å². The Morgan fingerprint density at radius 2 is 1.97 bits per heavy atom. The van der Waals surface area contributed by atoms with Gasteiger partial charge in [0, 0.05) is 45.5 Å². The second-order valence-electron chi connectivity index (χ2n) is 8.09. The molecule has 32 heavy (non-hydrogen) atoms. The summed E-state index contributed by atoms with van der Waals surface area (Å²) in [5.41, 5.74) is 2.78. The van der Waals surface area contributed by atoms with Crippen LogP contribution in [0.25, 0.3) is 11.4 Å². The second kappa shape index (κ2) is 8.82. The van der Waals surface area contributed by atoms with Gasteiger partial charge in [0.15, 0.2) is 0 Å². The van der Waals surface area contributed by atoms with Crippen molar-refractivity contribution >= 4 is 11.8 Å². The number of rotatable bonds is 5. The number of aromatic nitrogens is 3. The Hall–Kier alpha value is -3.68. The maximum Gasteiger partial charge on any atom is 0.272 e. The Morgan fingerprint density at radius 3 is 2.69 bits per heavy atom. The van der Waals surface area contributed by atoms with Crippen LogP contribution in [0.3, 0.4) is 0 Å².